The normalized spacial score (nSPS) is 16.3. The van der Waals surface area contributed by atoms with E-state index in [0.717, 1.165) is 19.0 Å². The Kier molecular flexibility index (Phi) is 5.98. The van der Waals surface area contributed by atoms with Crippen LogP contribution < -0.4 is 11.1 Å². The van der Waals surface area contributed by atoms with Crippen molar-refractivity contribution in [2.24, 2.45) is 0 Å². The zero-order chi connectivity index (χ0) is 15.1. The summed E-state index contributed by atoms with van der Waals surface area (Å²) in [6, 6.07) is 0.729. The topological polar surface area (TPSA) is 89.1 Å². The maximum atomic E-state index is 11.7. The minimum atomic E-state index is -0.0554. The van der Waals surface area contributed by atoms with Crippen molar-refractivity contribution >= 4 is 11.9 Å². The van der Waals surface area contributed by atoms with Crippen molar-refractivity contribution in [3.63, 3.8) is 0 Å². The van der Waals surface area contributed by atoms with Crippen LogP contribution in [0.3, 0.4) is 0 Å². The van der Waals surface area contributed by atoms with Gasteiger partial charge in [-0.25, -0.2) is 9.67 Å². The highest BCUT2D eigenvalue weighted by molar-refractivity contribution is 5.75. The number of hydrogen-bond acceptors (Lipinski definition) is 5. The van der Waals surface area contributed by atoms with Crippen molar-refractivity contribution in [2.75, 3.05) is 25.9 Å². The number of carbonyl (C=O) groups is 1. The molecule has 1 aliphatic rings. The molecule has 0 aromatic carbocycles. The molecular weight excluding hydrogens is 268 g/mol. The summed E-state index contributed by atoms with van der Waals surface area (Å²) in [5.41, 5.74) is 5.40. The van der Waals surface area contributed by atoms with Crippen LogP contribution in [0.1, 0.15) is 38.5 Å². The van der Waals surface area contributed by atoms with Crippen LogP contribution in [-0.4, -0.2) is 51.8 Å². The molecule has 1 amide bonds. The van der Waals surface area contributed by atoms with Crippen LogP contribution in [0.2, 0.25) is 0 Å². The number of rotatable bonds is 7. The van der Waals surface area contributed by atoms with E-state index in [1.165, 1.54) is 43.1 Å². The van der Waals surface area contributed by atoms with Crippen molar-refractivity contribution in [3.8, 4) is 0 Å². The molecule has 3 N–H and O–H groups in total. The van der Waals surface area contributed by atoms with Gasteiger partial charge >= 0.3 is 0 Å². The van der Waals surface area contributed by atoms with Crippen LogP contribution in [0.25, 0.3) is 0 Å². The Balaban J connectivity index is 1.57. The lowest BCUT2D eigenvalue weighted by Crippen LogP contribution is -2.36. The fourth-order valence-electron chi connectivity index (χ4n) is 2.85. The standard InChI is InChI=1S/C14H26N6O/c1-19(12-6-3-2-4-7-12)9-5-8-16-13(21)10-20-11-17-14(15)18-20/h11-12H,2-10H2,1H3,(H2,15,18)(H,16,21). The second kappa shape index (κ2) is 7.97. The van der Waals surface area contributed by atoms with Gasteiger partial charge in [-0.05, 0) is 32.9 Å². The van der Waals surface area contributed by atoms with Crippen LogP contribution in [0, 0.1) is 0 Å². The highest BCUT2D eigenvalue weighted by Crippen LogP contribution is 2.21. The predicted octanol–water partition coefficient (Wildman–Crippen LogP) is 0.631. The molecule has 0 atom stereocenters. The number of nitrogens with zero attached hydrogens (tertiary/aromatic N) is 4. The fourth-order valence-corrected chi connectivity index (χ4v) is 2.85. The van der Waals surface area contributed by atoms with Gasteiger partial charge in [0.15, 0.2) is 0 Å². The highest BCUT2D eigenvalue weighted by Gasteiger charge is 2.17. The monoisotopic (exact) mass is 294 g/mol. The van der Waals surface area contributed by atoms with E-state index in [4.69, 9.17) is 5.73 Å². The summed E-state index contributed by atoms with van der Waals surface area (Å²) >= 11 is 0. The van der Waals surface area contributed by atoms with Crippen molar-refractivity contribution in [3.05, 3.63) is 6.33 Å². The number of nitrogen functional groups attached to an aromatic ring is 1. The highest BCUT2D eigenvalue weighted by atomic mass is 16.2. The largest absolute Gasteiger partial charge is 0.367 e. The molecule has 1 fully saturated rings. The third kappa shape index (κ3) is 5.34. The average Bonchev–Trinajstić information content (AvgIpc) is 2.89. The molecule has 1 heterocycles. The van der Waals surface area contributed by atoms with Gasteiger partial charge in [-0.3, -0.25) is 4.79 Å². The van der Waals surface area contributed by atoms with Crippen LogP contribution >= 0.6 is 0 Å². The van der Waals surface area contributed by atoms with Gasteiger partial charge in [0, 0.05) is 12.6 Å². The predicted molar refractivity (Wildman–Crippen MR) is 81.6 cm³/mol. The molecule has 1 aromatic heterocycles. The molecule has 0 aliphatic heterocycles. The molecule has 1 aromatic rings. The van der Waals surface area contributed by atoms with E-state index in [1.807, 2.05) is 0 Å². The molecular formula is C14H26N6O. The number of amides is 1. The van der Waals surface area contributed by atoms with Gasteiger partial charge in [-0.2, -0.15) is 0 Å². The second-order valence-corrected chi connectivity index (χ2v) is 5.78. The van der Waals surface area contributed by atoms with Gasteiger partial charge in [0.05, 0.1) is 0 Å². The Morgan fingerprint density at radius 1 is 1.48 bits per heavy atom. The van der Waals surface area contributed by atoms with E-state index >= 15 is 0 Å². The van der Waals surface area contributed by atoms with Gasteiger partial charge in [0.2, 0.25) is 11.9 Å². The van der Waals surface area contributed by atoms with E-state index in [2.05, 4.69) is 27.3 Å². The number of anilines is 1. The maximum absolute atomic E-state index is 11.7. The van der Waals surface area contributed by atoms with Crippen LogP contribution in [-0.2, 0) is 11.3 Å². The molecule has 7 nitrogen and oxygen atoms in total. The van der Waals surface area contributed by atoms with Crippen LogP contribution in [0.5, 0.6) is 0 Å². The molecule has 118 valence electrons. The summed E-state index contributed by atoms with van der Waals surface area (Å²) in [6.07, 6.45) is 9.16. The van der Waals surface area contributed by atoms with Gasteiger partial charge in [0.25, 0.3) is 0 Å². The first-order chi connectivity index (χ1) is 10.1. The smallest absolute Gasteiger partial charge is 0.241 e. The van der Waals surface area contributed by atoms with Gasteiger partial charge < -0.3 is 16.0 Å². The molecule has 0 bridgehead atoms. The van der Waals surface area contributed by atoms with E-state index in [0.29, 0.717) is 6.54 Å². The van der Waals surface area contributed by atoms with Crippen LogP contribution in [0.15, 0.2) is 6.33 Å². The molecule has 1 aliphatic carbocycles. The van der Waals surface area contributed by atoms with E-state index in [1.54, 1.807) is 0 Å². The zero-order valence-corrected chi connectivity index (χ0v) is 12.8. The molecule has 1 saturated carbocycles. The zero-order valence-electron chi connectivity index (χ0n) is 12.8. The SMILES string of the molecule is CN(CCCNC(=O)Cn1cnc(N)n1)C1CCCCC1. The first-order valence-corrected chi connectivity index (χ1v) is 7.77. The Morgan fingerprint density at radius 2 is 2.24 bits per heavy atom. The Hall–Kier alpha value is -1.63. The van der Waals surface area contributed by atoms with Gasteiger partial charge in [-0.15, -0.1) is 5.10 Å². The lowest BCUT2D eigenvalue weighted by molar-refractivity contribution is -0.121. The summed E-state index contributed by atoms with van der Waals surface area (Å²) in [5, 5.41) is 6.79. The molecule has 0 saturated heterocycles. The second-order valence-electron chi connectivity index (χ2n) is 5.78. The molecule has 21 heavy (non-hydrogen) atoms. The summed E-state index contributed by atoms with van der Waals surface area (Å²) in [6.45, 7) is 1.89. The van der Waals surface area contributed by atoms with Crippen molar-refractivity contribution in [1.29, 1.82) is 0 Å². The van der Waals surface area contributed by atoms with E-state index in [9.17, 15) is 4.79 Å². The molecule has 2 rings (SSSR count). The minimum absolute atomic E-state index is 0.0554. The van der Waals surface area contributed by atoms with Gasteiger partial charge in [0.1, 0.15) is 12.9 Å². The Morgan fingerprint density at radius 3 is 2.90 bits per heavy atom. The van der Waals surface area contributed by atoms with Crippen LogP contribution in [0.4, 0.5) is 5.95 Å². The average molecular weight is 294 g/mol. The Labute approximate surface area is 125 Å². The van der Waals surface area contributed by atoms with E-state index in [-0.39, 0.29) is 18.4 Å². The molecule has 7 heteroatoms. The summed E-state index contributed by atoms with van der Waals surface area (Å²) < 4.78 is 1.44. The number of aromatic nitrogens is 3. The quantitative estimate of drug-likeness (QED) is 0.720. The molecule has 0 spiro atoms. The third-order valence-corrected chi connectivity index (χ3v) is 4.07. The fraction of sp³-hybridized carbons (Fsp3) is 0.786. The number of carbonyl (C=O) groups excluding carboxylic acids is 1. The lowest BCUT2D eigenvalue weighted by atomic mass is 9.94. The minimum Gasteiger partial charge on any atom is -0.367 e. The first-order valence-electron chi connectivity index (χ1n) is 7.77. The lowest BCUT2D eigenvalue weighted by Gasteiger charge is -2.31. The van der Waals surface area contributed by atoms with Crippen molar-refractivity contribution in [1.82, 2.24) is 25.0 Å². The molecule has 0 radical (unpaired) electrons. The number of nitrogens with two attached hydrogens (primary N) is 1. The first kappa shape index (κ1) is 15.8. The molecule has 0 unspecified atom stereocenters. The summed E-state index contributed by atoms with van der Waals surface area (Å²) in [4.78, 5) is 17.9. The van der Waals surface area contributed by atoms with E-state index < -0.39 is 0 Å². The Bertz CT molecular complexity index is 440. The maximum Gasteiger partial charge on any atom is 0.241 e. The van der Waals surface area contributed by atoms with Gasteiger partial charge in [-0.1, -0.05) is 19.3 Å². The number of hydrogen-bond donors (Lipinski definition) is 2. The summed E-state index contributed by atoms with van der Waals surface area (Å²) in [5.74, 6) is 0.136. The van der Waals surface area contributed by atoms with Crippen molar-refractivity contribution < 1.29 is 4.79 Å². The van der Waals surface area contributed by atoms with Crippen molar-refractivity contribution in [2.45, 2.75) is 51.1 Å². The third-order valence-electron chi connectivity index (χ3n) is 4.07. The number of nitrogens with one attached hydrogen (secondary N) is 1. The summed E-state index contributed by atoms with van der Waals surface area (Å²) in [7, 11) is 2.19.